The van der Waals surface area contributed by atoms with Gasteiger partial charge in [-0.3, -0.25) is 15.2 Å². The zero-order valence-electron chi connectivity index (χ0n) is 12.7. The van der Waals surface area contributed by atoms with Crippen molar-refractivity contribution in [1.29, 1.82) is 0 Å². The molecule has 0 radical (unpaired) electrons. The molecule has 1 unspecified atom stereocenters. The van der Waals surface area contributed by atoms with Crippen LogP contribution in [0.2, 0.25) is 0 Å². The molecule has 3 aliphatic rings. The predicted molar refractivity (Wildman–Crippen MR) is 83.3 cm³/mol. The van der Waals surface area contributed by atoms with Gasteiger partial charge in [0.2, 0.25) is 0 Å². The molecule has 1 aromatic carbocycles. The molecule has 0 amide bonds. The summed E-state index contributed by atoms with van der Waals surface area (Å²) in [5, 5.41) is 15.4. The highest BCUT2D eigenvalue weighted by Gasteiger charge is 2.53. The summed E-state index contributed by atoms with van der Waals surface area (Å²) in [7, 11) is 1.88. The first kappa shape index (κ1) is 14.0. The van der Waals surface area contributed by atoms with Gasteiger partial charge < -0.3 is 5.11 Å². The number of nitrogens with one attached hydrogen (secondary N) is 2. The van der Waals surface area contributed by atoms with Crippen molar-refractivity contribution in [1.82, 2.24) is 25.9 Å². The van der Waals surface area contributed by atoms with E-state index in [-0.39, 0.29) is 12.8 Å². The van der Waals surface area contributed by atoms with Crippen molar-refractivity contribution < 1.29 is 5.11 Å². The molecular formula is C15H22N6O. The van der Waals surface area contributed by atoms with Crippen molar-refractivity contribution in [2.75, 3.05) is 40.0 Å². The summed E-state index contributed by atoms with van der Waals surface area (Å²) < 4.78 is 0. The van der Waals surface area contributed by atoms with Crippen LogP contribution < -0.4 is 11.0 Å². The molecule has 7 nitrogen and oxygen atoms in total. The number of hydrazone groups is 1. The maximum Gasteiger partial charge on any atom is 0.161 e. The van der Waals surface area contributed by atoms with Crippen molar-refractivity contribution in [3.8, 4) is 0 Å². The zero-order chi connectivity index (χ0) is 15.2. The number of aliphatic hydroxyl groups excluding tert-OH is 1. The first-order valence-corrected chi connectivity index (χ1v) is 7.65. The maximum atomic E-state index is 9.16. The van der Waals surface area contributed by atoms with E-state index in [1.54, 1.807) is 5.12 Å². The minimum atomic E-state index is 0.146. The Hall–Kier alpha value is -1.67. The summed E-state index contributed by atoms with van der Waals surface area (Å²) in [5.41, 5.74) is 7.79. The Bertz CT molecular complexity index is 563. The Morgan fingerprint density at radius 3 is 2.55 bits per heavy atom. The van der Waals surface area contributed by atoms with Crippen LogP contribution in [0.1, 0.15) is 11.6 Å². The third kappa shape index (κ3) is 2.26. The summed E-state index contributed by atoms with van der Waals surface area (Å²) in [6.07, 6.45) is 0. The van der Waals surface area contributed by atoms with Gasteiger partial charge in [-0.2, -0.15) is 0 Å². The van der Waals surface area contributed by atoms with Crippen molar-refractivity contribution in [3.63, 3.8) is 0 Å². The van der Waals surface area contributed by atoms with Gasteiger partial charge in [0.05, 0.1) is 12.8 Å². The third-order valence-corrected chi connectivity index (χ3v) is 4.74. The van der Waals surface area contributed by atoms with E-state index in [0.717, 1.165) is 32.0 Å². The fraction of sp³-hybridized carbons (Fsp3) is 0.533. The minimum absolute atomic E-state index is 0.146. The Kier molecular flexibility index (Phi) is 3.30. The molecule has 1 spiro atoms. The van der Waals surface area contributed by atoms with Gasteiger partial charge in [-0.05, 0) is 5.56 Å². The molecule has 3 aliphatic heterocycles. The Balaban J connectivity index is 1.51. The highest BCUT2D eigenvalue weighted by atomic mass is 16.3. The lowest BCUT2D eigenvalue weighted by Gasteiger charge is -2.61. The topological polar surface area (TPSA) is 66.4 Å². The lowest BCUT2D eigenvalue weighted by atomic mass is 9.72. The third-order valence-electron chi connectivity index (χ3n) is 4.74. The van der Waals surface area contributed by atoms with Crippen molar-refractivity contribution in [2.24, 2.45) is 10.5 Å². The van der Waals surface area contributed by atoms with Crippen LogP contribution in [0.3, 0.4) is 0 Å². The monoisotopic (exact) mass is 302 g/mol. The molecule has 0 aliphatic carbocycles. The van der Waals surface area contributed by atoms with E-state index in [1.165, 1.54) is 5.56 Å². The van der Waals surface area contributed by atoms with Gasteiger partial charge in [-0.25, -0.2) is 5.12 Å². The summed E-state index contributed by atoms with van der Waals surface area (Å²) in [4.78, 5) is 4.53. The van der Waals surface area contributed by atoms with Crippen molar-refractivity contribution in [3.05, 3.63) is 35.9 Å². The second kappa shape index (κ2) is 5.20. The van der Waals surface area contributed by atoms with Gasteiger partial charge in [0.25, 0.3) is 0 Å². The molecule has 2 fully saturated rings. The molecule has 118 valence electrons. The maximum absolute atomic E-state index is 9.16. The van der Waals surface area contributed by atoms with Gasteiger partial charge in [-0.15, -0.1) is 10.6 Å². The van der Waals surface area contributed by atoms with E-state index >= 15 is 0 Å². The lowest BCUT2D eigenvalue weighted by Crippen LogP contribution is -2.73. The van der Waals surface area contributed by atoms with Crippen LogP contribution in [0.4, 0.5) is 0 Å². The van der Waals surface area contributed by atoms with E-state index in [0.29, 0.717) is 5.41 Å². The molecule has 0 bridgehead atoms. The van der Waals surface area contributed by atoms with E-state index in [2.05, 4.69) is 50.1 Å². The Morgan fingerprint density at radius 2 is 1.95 bits per heavy atom. The van der Waals surface area contributed by atoms with Crippen molar-refractivity contribution >= 4 is 5.84 Å². The van der Waals surface area contributed by atoms with E-state index in [4.69, 9.17) is 5.11 Å². The zero-order valence-corrected chi connectivity index (χ0v) is 12.7. The molecule has 0 aromatic heterocycles. The number of rotatable bonds is 4. The predicted octanol–water partition coefficient (Wildman–Crippen LogP) is -0.437. The van der Waals surface area contributed by atoms with Gasteiger partial charge in [0.15, 0.2) is 5.84 Å². The quantitative estimate of drug-likeness (QED) is 0.701. The number of amidine groups is 1. The molecule has 7 heteroatoms. The average molecular weight is 302 g/mol. The number of nitrogens with zero attached hydrogens (tertiary/aromatic N) is 4. The molecule has 0 saturated carbocycles. The molecule has 22 heavy (non-hydrogen) atoms. The summed E-state index contributed by atoms with van der Waals surface area (Å²) in [6, 6.07) is 10.6. The standard InChI is InChI=1S/C15H22N6O/c1-19-17-14(16-18-19)13(12-5-3-2-4-6-12)21-9-15(10-21)7-20(8-15)11-22/h2-6,13,18,22H,7-11H2,1H3,(H,16,17). The number of hydrogen-bond acceptors (Lipinski definition) is 7. The first-order chi connectivity index (χ1) is 10.7. The van der Waals surface area contributed by atoms with E-state index in [9.17, 15) is 0 Å². The average Bonchev–Trinajstić information content (AvgIpc) is 2.87. The minimum Gasteiger partial charge on any atom is -0.381 e. The summed E-state index contributed by atoms with van der Waals surface area (Å²) >= 11 is 0. The van der Waals surface area contributed by atoms with Crippen LogP contribution in [0, 0.1) is 5.41 Å². The lowest BCUT2D eigenvalue weighted by molar-refractivity contribution is -0.143. The molecule has 4 rings (SSSR count). The molecular weight excluding hydrogens is 280 g/mol. The van der Waals surface area contributed by atoms with E-state index < -0.39 is 0 Å². The SMILES string of the molecule is CN1N=C(C(c2ccccc2)N2CC3(CN(CO)C3)C2)NN1. The number of hydrogen-bond donors (Lipinski definition) is 3. The van der Waals surface area contributed by atoms with Crippen LogP contribution in [0.25, 0.3) is 0 Å². The fourth-order valence-corrected chi connectivity index (χ4v) is 3.85. The van der Waals surface area contributed by atoms with E-state index in [1.807, 2.05) is 13.1 Å². The number of hydrazine groups is 2. The van der Waals surface area contributed by atoms with Gasteiger partial charge in [-0.1, -0.05) is 30.3 Å². The van der Waals surface area contributed by atoms with Crippen LogP contribution >= 0.6 is 0 Å². The Labute approximate surface area is 130 Å². The van der Waals surface area contributed by atoms with Gasteiger partial charge in [0.1, 0.15) is 0 Å². The second-order valence-electron chi connectivity index (χ2n) is 6.59. The largest absolute Gasteiger partial charge is 0.381 e. The molecule has 1 atom stereocenters. The van der Waals surface area contributed by atoms with Crippen LogP contribution in [-0.2, 0) is 0 Å². The summed E-state index contributed by atoms with van der Waals surface area (Å²) in [6.45, 7) is 4.27. The van der Waals surface area contributed by atoms with Crippen LogP contribution in [-0.4, -0.2) is 65.8 Å². The van der Waals surface area contributed by atoms with Crippen LogP contribution in [0.5, 0.6) is 0 Å². The van der Waals surface area contributed by atoms with Gasteiger partial charge >= 0.3 is 0 Å². The number of aliphatic hydroxyl groups is 1. The molecule has 1 aromatic rings. The summed E-state index contributed by atoms with van der Waals surface area (Å²) in [5.74, 6) is 0.932. The highest BCUT2D eigenvalue weighted by molar-refractivity contribution is 5.88. The number of benzene rings is 1. The number of likely N-dealkylation sites (tertiary alicyclic amines) is 2. The normalized spacial score (nSPS) is 25.4. The second-order valence-corrected chi connectivity index (χ2v) is 6.59. The van der Waals surface area contributed by atoms with Crippen LogP contribution in [0.15, 0.2) is 35.4 Å². The Morgan fingerprint density at radius 1 is 1.23 bits per heavy atom. The fourth-order valence-electron chi connectivity index (χ4n) is 3.85. The molecule has 2 saturated heterocycles. The smallest absolute Gasteiger partial charge is 0.161 e. The van der Waals surface area contributed by atoms with Gasteiger partial charge in [0, 0.05) is 38.6 Å². The molecule has 3 N–H and O–H groups in total. The highest BCUT2D eigenvalue weighted by Crippen LogP contribution is 2.43. The van der Waals surface area contributed by atoms with Crippen molar-refractivity contribution in [2.45, 2.75) is 6.04 Å². The first-order valence-electron chi connectivity index (χ1n) is 7.65. The molecule has 3 heterocycles.